The molecule has 0 aromatic heterocycles. The first kappa shape index (κ1) is 12.6. The summed E-state index contributed by atoms with van der Waals surface area (Å²) in [5.74, 6) is 0.487. The van der Waals surface area contributed by atoms with Gasteiger partial charge in [-0.3, -0.25) is 4.90 Å². The summed E-state index contributed by atoms with van der Waals surface area (Å²) in [5.41, 5.74) is 5.61. The van der Waals surface area contributed by atoms with Gasteiger partial charge >= 0.3 is 0 Å². The minimum absolute atomic E-state index is 0.336. The molecule has 1 aromatic rings. The van der Waals surface area contributed by atoms with E-state index < -0.39 is 0 Å². The average Bonchev–Trinajstić information content (AvgIpc) is 2.71. The van der Waals surface area contributed by atoms with Gasteiger partial charge in [-0.15, -0.1) is 0 Å². The van der Waals surface area contributed by atoms with Gasteiger partial charge in [-0.25, -0.2) is 0 Å². The van der Waals surface area contributed by atoms with Crippen LogP contribution in [0.5, 0.6) is 0 Å². The Morgan fingerprint density at radius 1 is 1.24 bits per heavy atom. The monoisotopic (exact) mass is 233 g/mol. The van der Waals surface area contributed by atoms with Crippen LogP contribution in [-0.4, -0.2) is 29.7 Å². The van der Waals surface area contributed by atoms with Crippen LogP contribution in [0.25, 0.3) is 0 Å². The van der Waals surface area contributed by atoms with Gasteiger partial charge < -0.3 is 5.11 Å². The van der Waals surface area contributed by atoms with E-state index in [2.05, 4.69) is 37.8 Å². The molecule has 1 aliphatic heterocycles. The SMILES string of the molecule is Cc1cc(C)c(CN2CCC(CO)C2)c(C)c1. The lowest BCUT2D eigenvalue weighted by Gasteiger charge is -2.19. The molecule has 1 N–H and O–H groups in total. The number of hydrogen-bond acceptors (Lipinski definition) is 2. The normalized spacial score (nSPS) is 21.1. The van der Waals surface area contributed by atoms with Crippen LogP contribution in [0.2, 0.25) is 0 Å². The summed E-state index contributed by atoms with van der Waals surface area (Å²) in [6.07, 6.45) is 1.14. The Labute approximate surface area is 104 Å². The lowest BCUT2D eigenvalue weighted by molar-refractivity contribution is 0.220. The molecule has 0 radical (unpaired) electrons. The molecular formula is C15H23NO. The standard InChI is InChI=1S/C15H23NO/c1-11-6-12(2)15(13(3)7-11)9-16-5-4-14(8-16)10-17/h6-7,14,17H,4-5,8-10H2,1-3H3. The van der Waals surface area contributed by atoms with Gasteiger partial charge in [-0.2, -0.15) is 0 Å². The molecule has 0 amide bonds. The Kier molecular flexibility index (Phi) is 3.85. The van der Waals surface area contributed by atoms with Crippen LogP contribution in [0.1, 0.15) is 28.7 Å². The highest BCUT2D eigenvalue weighted by atomic mass is 16.3. The van der Waals surface area contributed by atoms with Crippen molar-refractivity contribution < 1.29 is 5.11 Å². The van der Waals surface area contributed by atoms with Crippen LogP contribution >= 0.6 is 0 Å². The zero-order valence-electron chi connectivity index (χ0n) is 11.2. The minimum Gasteiger partial charge on any atom is -0.396 e. The van der Waals surface area contributed by atoms with Gasteiger partial charge in [0.2, 0.25) is 0 Å². The van der Waals surface area contributed by atoms with E-state index in [9.17, 15) is 0 Å². The second-order valence-electron chi connectivity index (χ2n) is 5.45. The molecule has 0 spiro atoms. The van der Waals surface area contributed by atoms with E-state index in [1.165, 1.54) is 22.3 Å². The fourth-order valence-electron chi connectivity index (χ4n) is 2.89. The molecule has 1 saturated heterocycles. The highest BCUT2D eigenvalue weighted by molar-refractivity contribution is 5.37. The van der Waals surface area contributed by atoms with E-state index in [0.29, 0.717) is 12.5 Å². The molecule has 0 aliphatic carbocycles. The lowest BCUT2D eigenvalue weighted by atomic mass is 9.99. The summed E-state index contributed by atoms with van der Waals surface area (Å²) >= 11 is 0. The number of benzene rings is 1. The molecular weight excluding hydrogens is 210 g/mol. The van der Waals surface area contributed by atoms with E-state index in [-0.39, 0.29) is 0 Å². The minimum atomic E-state index is 0.336. The molecule has 1 heterocycles. The zero-order valence-corrected chi connectivity index (χ0v) is 11.2. The third-order valence-corrected chi connectivity index (χ3v) is 3.85. The van der Waals surface area contributed by atoms with Crippen molar-refractivity contribution in [2.45, 2.75) is 33.7 Å². The van der Waals surface area contributed by atoms with Crippen LogP contribution < -0.4 is 0 Å². The molecule has 1 aromatic carbocycles. The van der Waals surface area contributed by atoms with Gasteiger partial charge in [-0.1, -0.05) is 17.7 Å². The van der Waals surface area contributed by atoms with Gasteiger partial charge in [0.05, 0.1) is 0 Å². The van der Waals surface area contributed by atoms with Crippen molar-refractivity contribution in [2.24, 2.45) is 5.92 Å². The maximum Gasteiger partial charge on any atom is 0.0471 e. The van der Waals surface area contributed by atoms with Crippen molar-refractivity contribution in [3.05, 3.63) is 34.4 Å². The molecule has 2 nitrogen and oxygen atoms in total. The average molecular weight is 233 g/mol. The van der Waals surface area contributed by atoms with Crippen molar-refractivity contribution in [2.75, 3.05) is 19.7 Å². The summed E-state index contributed by atoms with van der Waals surface area (Å²) < 4.78 is 0. The maximum atomic E-state index is 9.17. The van der Waals surface area contributed by atoms with E-state index in [0.717, 1.165) is 26.1 Å². The van der Waals surface area contributed by atoms with Crippen molar-refractivity contribution in [3.63, 3.8) is 0 Å². The fraction of sp³-hybridized carbons (Fsp3) is 0.600. The summed E-state index contributed by atoms with van der Waals surface area (Å²) in [5, 5.41) is 9.17. The molecule has 1 unspecified atom stereocenters. The van der Waals surface area contributed by atoms with Gasteiger partial charge in [-0.05, 0) is 56.3 Å². The number of likely N-dealkylation sites (tertiary alicyclic amines) is 1. The second-order valence-corrected chi connectivity index (χ2v) is 5.45. The number of hydrogen-bond donors (Lipinski definition) is 1. The predicted octanol–water partition coefficient (Wildman–Crippen LogP) is 2.43. The molecule has 94 valence electrons. The van der Waals surface area contributed by atoms with Crippen molar-refractivity contribution >= 4 is 0 Å². The summed E-state index contributed by atoms with van der Waals surface area (Å²) in [6.45, 7) is 10.1. The lowest BCUT2D eigenvalue weighted by Crippen LogP contribution is -2.22. The first-order valence-corrected chi connectivity index (χ1v) is 6.50. The zero-order chi connectivity index (χ0) is 12.4. The van der Waals surface area contributed by atoms with Crippen molar-refractivity contribution in [1.82, 2.24) is 4.90 Å². The Bertz CT molecular complexity index is 377. The molecule has 1 atom stereocenters. The predicted molar refractivity (Wildman–Crippen MR) is 71.1 cm³/mol. The van der Waals surface area contributed by atoms with Crippen LogP contribution in [0.15, 0.2) is 12.1 Å². The molecule has 1 fully saturated rings. The smallest absolute Gasteiger partial charge is 0.0471 e. The van der Waals surface area contributed by atoms with Crippen LogP contribution in [0.4, 0.5) is 0 Å². The third kappa shape index (κ3) is 2.88. The third-order valence-electron chi connectivity index (χ3n) is 3.85. The molecule has 2 rings (SSSR count). The molecule has 17 heavy (non-hydrogen) atoms. The maximum absolute atomic E-state index is 9.17. The first-order valence-electron chi connectivity index (χ1n) is 6.50. The largest absolute Gasteiger partial charge is 0.396 e. The van der Waals surface area contributed by atoms with E-state index in [4.69, 9.17) is 5.11 Å². The Morgan fingerprint density at radius 3 is 2.41 bits per heavy atom. The van der Waals surface area contributed by atoms with Crippen molar-refractivity contribution in [1.29, 1.82) is 0 Å². The topological polar surface area (TPSA) is 23.5 Å². The number of aliphatic hydroxyl groups is 1. The fourth-order valence-corrected chi connectivity index (χ4v) is 2.89. The van der Waals surface area contributed by atoms with Gasteiger partial charge in [0.15, 0.2) is 0 Å². The van der Waals surface area contributed by atoms with Crippen LogP contribution in [0.3, 0.4) is 0 Å². The molecule has 0 saturated carbocycles. The first-order chi connectivity index (χ1) is 8.10. The van der Waals surface area contributed by atoms with Gasteiger partial charge in [0, 0.05) is 19.7 Å². The molecule has 1 aliphatic rings. The quantitative estimate of drug-likeness (QED) is 0.866. The van der Waals surface area contributed by atoms with E-state index >= 15 is 0 Å². The summed E-state index contributed by atoms with van der Waals surface area (Å²) in [7, 11) is 0. The van der Waals surface area contributed by atoms with Crippen molar-refractivity contribution in [3.8, 4) is 0 Å². The molecule has 2 heteroatoms. The Morgan fingerprint density at radius 2 is 1.88 bits per heavy atom. The van der Waals surface area contributed by atoms with E-state index in [1.807, 2.05) is 0 Å². The van der Waals surface area contributed by atoms with E-state index in [1.54, 1.807) is 0 Å². The summed E-state index contributed by atoms with van der Waals surface area (Å²) in [4.78, 5) is 2.46. The highest BCUT2D eigenvalue weighted by Crippen LogP contribution is 2.22. The Hall–Kier alpha value is -0.860. The number of nitrogens with zero attached hydrogens (tertiary/aromatic N) is 1. The second kappa shape index (κ2) is 5.19. The van der Waals surface area contributed by atoms with Gasteiger partial charge in [0.25, 0.3) is 0 Å². The van der Waals surface area contributed by atoms with Crippen LogP contribution in [-0.2, 0) is 6.54 Å². The molecule has 0 bridgehead atoms. The Balaban J connectivity index is 2.09. The van der Waals surface area contributed by atoms with Crippen LogP contribution in [0, 0.1) is 26.7 Å². The highest BCUT2D eigenvalue weighted by Gasteiger charge is 2.22. The number of rotatable bonds is 3. The number of aliphatic hydroxyl groups excluding tert-OH is 1. The number of aryl methyl sites for hydroxylation is 3. The van der Waals surface area contributed by atoms with Gasteiger partial charge in [0.1, 0.15) is 0 Å². The summed E-state index contributed by atoms with van der Waals surface area (Å²) in [6, 6.07) is 4.53.